The van der Waals surface area contributed by atoms with Crippen LogP contribution in [0.25, 0.3) is 0 Å². The number of fused-ring (bicyclic) bond motifs is 3. The molecular weight excluding hydrogens is 386 g/mol. The van der Waals surface area contributed by atoms with Crippen LogP contribution in [0.15, 0.2) is 54.6 Å². The third-order valence-corrected chi connectivity index (χ3v) is 7.91. The SMILES string of the molecule is OCCC(c1ccccc1)(c1ccccc1OC1CCOCC1)C1CN2CCC1CC2. The van der Waals surface area contributed by atoms with Gasteiger partial charge >= 0.3 is 0 Å². The Morgan fingerprint density at radius 3 is 2.32 bits per heavy atom. The fourth-order valence-corrected chi connectivity index (χ4v) is 6.38. The zero-order valence-corrected chi connectivity index (χ0v) is 18.4. The molecular formula is C27H35NO3. The quantitative estimate of drug-likeness (QED) is 0.726. The molecule has 4 fully saturated rings. The van der Waals surface area contributed by atoms with Crippen LogP contribution < -0.4 is 4.74 Å². The number of hydrogen-bond acceptors (Lipinski definition) is 4. The van der Waals surface area contributed by atoms with Crippen LogP contribution in [0.5, 0.6) is 5.75 Å². The Balaban J connectivity index is 1.62. The van der Waals surface area contributed by atoms with E-state index < -0.39 is 0 Å². The predicted octanol–water partition coefficient (Wildman–Crippen LogP) is 4.25. The topological polar surface area (TPSA) is 41.9 Å². The first-order chi connectivity index (χ1) is 15.3. The van der Waals surface area contributed by atoms with Crippen LogP contribution in [0.4, 0.5) is 0 Å². The van der Waals surface area contributed by atoms with Crippen molar-refractivity contribution in [2.75, 3.05) is 39.5 Å². The second-order valence-corrected chi connectivity index (χ2v) is 9.48. The Hall–Kier alpha value is -1.88. The maximum atomic E-state index is 10.4. The molecule has 2 aromatic carbocycles. The van der Waals surface area contributed by atoms with E-state index in [1.165, 1.54) is 37.1 Å². The third-order valence-electron chi connectivity index (χ3n) is 7.91. The lowest BCUT2D eigenvalue weighted by atomic mass is 9.57. The van der Waals surface area contributed by atoms with Gasteiger partial charge in [-0.05, 0) is 55.8 Å². The molecule has 6 rings (SSSR count). The molecule has 1 N–H and O–H groups in total. The van der Waals surface area contributed by atoms with Gasteiger partial charge in [-0.1, -0.05) is 48.5 Å². The van der Waals surface area contributed by atoms with Crippen LogP contribution in [0.2, 0.25) is 0 Å². The van der Waals surface area contributed by atoms with E-state index in [9.17, 15) is 5.11 Å². The monoisotopic (exact) mass is 421 g/mol. The molecule has 0 spiro atoms. The lowest BCUT2D eigenvalue weighted by Crippen LogP contribution is -2.55. The summed E-state index contributed by atoms with van der Waals surface area (Å²) in [6.45, 7) is 5.24. The smallest absolute Gasteiger partial charge is 0.123 e. The Kier molecular flexibility index (Phi) is 6.31. The molecule has 2 bridgehead atoms. The van der Waals surface area contributed by atoms with Crippen LogP contribution in [0.1, 0.15) is 43.2 Å². The van der Waals surface area contributed by atoms with E-state index in [0.717, 1.165) is 44.8 Å². The molecule has 4 heteroatoms. The normalized spacial score (nSPS) is 28.2. The van der Waals surface area contributed by atoms with Crippen LogP contribution in [0.3, 0.4) is 0 Å². The Labute approximate surface area is 186 Å². The molecule has 0 saturated carbocycles. The van der Waals surface area contributed by atoms with E-state index in [1.807, 2.05) is 0 Å². The third kappa shape index (κ3) is 4.02. The first-order valence-corrected chi connectivity index (χ1v) is 12.0. The van der Waals surface area contributed by atoms with Crippen molar-refractivity contribution < 1.29 is 14.6 Å². The standard InChI is InChI=1S/C27H35NO3/c29-17-14-27(22-6-2-1-3-7-22,25-20-28-15-10-21(25)11-16-28)24-8-4-5-9-26(24)31-23-12-18-30-19-13-23/h1-9,21,23,25,29H,10-20H2. The summed E-state index contributed by atoms with van der Waals surface area (Å²) in [5, 5.41) is 10.4. The molecule has 4 aliphatic rings. The summed E-state index contributed by atoms with van der Waals surface area (Å²) in [6.07, 6.45) is 5.31. The first-order valence-electron chi connectivity index (χ1n) is 12.0. The maximum Gasteiger partial charge on any atom is 0.123 e. The summed E-state index contributed by atoms with van der Waals surface area (Å²) >= 11 is 0. The fourth-order valence-electron chi connectivity index (χ4n) is 6.38. The summed E-state index contributed by atoms with van der Waals surface area (Å²) in [6, 6.07) is 19.5. The van der Waals surface area contributed by atoms with E-state index in [1.54, 1.807) is 0 Å². The maximum absolute atomic E-state index is 10.4. The number of para-hydroxylation sites is 1. The van der Waals surface area contributed by atoms with Crippen molar-refractivity contribution in [1.29, 1.82) is 0 Å². The predicted molar refractivity (Wildman–Crippen MR) is 122 cm³/mol. The minimum Gasteiger partial charge on any atom is -0.490 e. The molecule has 4 nitrogen and oxygen atoms in total. The van der Waals surface area contributed by atoms with Gasteiger partial charge in [0, 0.05) is 37.0 Å². The number of rotatable bonds is 7. The average Bonchev–Trinajstić information content (AvgIpc) is 2.85. The second kappa shape index (κ2) is 9.32. The summed E-state index contributed by atoms with van der Waals surface area (Å²) in [5.74, 6) is 2.15. The van der Waals surface area contributed by atoms with Gasteiger partial charge < -0.3 is 19.5 Å². The lowest BCUT2D eigenvalue weighted by Gasteiger charge is -2.54. The van der Waals surface area contributed by atoms with Crippen molar-refractivity contribution in [2.24, 2.45) is 11.8 Å². The highest BCUT2D eigenvalue weighted by Crippen LogP contribution is 2.52. The van der Waals surface area contributed by atoms with E-state index >= 15 is 0 Å². The van der Waals surface area contributed by atoms with Gasteiger partial charge in [-0.15, -0.1) is 0 Å². The van der Waals surface area contributed by atoms with Gasteiger partial charge in [-0.3, -0.25) is 0 Å². The van der Waals surface area contributed by atoms with Crippen LogP contribution in [-0.4, -0.2) is 55.6 Å². The van der Waals surface area contributed by atoms with Crippen LogP contribution in [0, 0.1) is 11.8 Å². The highest BCUT2D eigenvalue weighted by molar-refractivity contribution is 5.49. The summed E-state index contributed by atoms with van der Waals surface area (Å²) in [7, 11) is 0. The molecule has 0 amide bonds. The van der Waals surface area contributed by atoms with E-state index in [0.29, 0.717) is 11.8 Å². The molecule has 2 unspecified atom stereocenters. The summed E-state index contributed by atoms with van der Waals surface area (Å²) in [5.41, 5.74) is 2.31. The van der Waals surface area contributed by atoms with Gasteiger partial charge in [-0.25, -0.2) is 0 Å². The number of ether oxygens (including phenoxy) is 2. The molecule has 0 aliphatic carbocycles. The number of piperidine rings is 3. The van der Waals surface area contributed by atoms with Crippen LogP contribution in [-0.2, 0) is 10.2 Å². The van der Waals surface area contributed by atoms with Gasteiger partial charge in [0.15, 0.2) is 0 Å². The zero-order chi connectivity index (χ0) is 21.1. The van der Waals surface area contributed by atoms with Crippen molar-refractivity contribution >= 4 is 0 Å². The molecule has 4 aliphatic heterocycles. The molecule has 0 aromatic heterocycles. The molecule has 2 atom stereocenters. The highest BCUT2D eigenvalue weighted by atomic mass is 16.5. The lowest BCUT2D eigenvalue weighted by molar-refractivity contribution is 0.00532. The number of hydrogen-bond donors (Lipinski definition) is 1. The zero-order valence-electron chi connectivity index (χ0n) is 18.4. The number of benzene rings is 2. The minimum atomic E-state index is -0.248. The van der Waals surface area contributed by atoms with Gasteiger partial charge in [0.1, 0.15) is 11.9 Å². The van der Waals surface area contributed by atoms with Crippen molar-refractivity contribution in [3.8, 4) is 5.75 Å². The summed E-state index contributed by atoms with van der Waals surface area (Å²) in [4.78, 5) is 2.63. The Bertz CT molecular complexity index is 843. The van der Waals surface area contributed by atoms with Crippen molar-refractivity contribution in [2.45, 2.75) is 43.6 Å². The Morgan fingerprint density at radius 2 is 1.65 bits per heavy atom. The van der Waals surface area contributed by atoms with Crippen molar-refractivity contribution in [3.05, 3.63) is 65.7 Å². The largest absolute Gasteiger partial charge is 0.490 e. The molecule has 31 heavy (non-hydrogen) atoms. The first kappa shape index (κ1) is 21.0. The number of aliphatic hydroxyl groups excluding tert-OH is 1. The van der Waals surface area contributed by atoms with Crippen molar-refractivity contribution in [1.82, 2.24) is 4.90 Å². The van der Waals surface area contributed by atoms with Crippen molar-refractivity contribution in [3.63, 3.8) is 0 Å². The molecule has 0 radical (unpaired) electrons. The van der Waals surface area contributed by atoms with E-state index in [2.05, 4.69) is 59.5 Å². The average molecular weight is 422 g/mol. The van der Waals surface area contributed by atoms with E-state index in [4.69, 9.17) is 9.47 Å². The Morgan fingerprint density at radius 1 is 0.935 bits per heavy atom. The highest BCUT2D eigenvalue weighted by Gasteiger charge is 2.50. The molecule has 4 saturated heterocycles. The van der Waals surface area contributed by atoms with Gasteiger partial charge in [0.05, 0.1) is 13.2 Å². The molecule has 2 aromatic rings. The second-order valence-electron chi connectivity index (χ2n) is 9.48. The minimum absolute atomic E-state index is 0.170. The fraction of sp³-hybridized carbons (Fsp3) is 0.556. The molecule has 166 valence electrons. The molecule has 4 heterocycles. The van der Waals surface area contributed by atoms with E-state index in [-0.39, 0.29) is 18.1 Å². The van der Waals surface area contributed by atoms with Crippen LogP contribution >= 0.6 is 0 Å². The number of aliphatic hydroxyl groups is 1. The van der Waals surface area contributed by atoms with Gasteiger partial charge in [-0.2, -0.15) is 0 Å². The van der Waals surface area contributed by atoms with Gasteiger partial charge in [0.2, 0.25) is 0 Å². The summed E-state index contributed by atoms with van der Waals surface area (Å²) < 4.78 is 12.2. The number of nitrogens with zero attached hydrogens (tertiary/aromatic N) is 1. The van der Waals surface area contributed by atoms with Gasteiger partial charge in [0.25, 0.3) is 0 Å².